The maximum absolute atomic E-state index is 12.3. The van der Waals surface area contributed by atoms with E-state index in [9.17, 15) is 4.79 Å². The van der Waals surface area contributed by atoms with E-state index < -0.39 is 0 Å². The molecule has 21 heavy (non-hydrogen) atoms. The van der Waals surface area contributed by atoms with Crippen LogP contribution in [0.3, 0.4) is 0 Å². The first-order valence-corrected chi connectivity index (χ1v) is 8.55. The largest absolute Gasteiger partial charge is 0.303 e. The molecule has 2 nitrogen and oxygen atoms in total. The van der Waals surface area contributed by atoms with Gasteiger partial charge in [0.25, 0.3) is 0 Å². The molecule has 3 rings (SSSR count). The lowest BCUT2D eigenvalue weighted by molar-refractivity contribution is 0.0845. The van der Waals surface area contributed by atoms with Crippen molar-refractivity contribution in [3.05, 3.63) is 58.3 Å². The van der Waals surface area contributed by atoms with Crippen molar-refractivity contribution in [2.24, 2.45) is 5.92 Å². The Balaban J connectivity index is 1.46. The second-order valence-corrected chi connectivity index (χ2v) is 6.64. The van der Waals surface area contributed by atoms with Crippen LogP contribution in [-0.4, -0.2) is 30.3 Å². The number of Topliss-reactive ketones (excluding diaryl/α,β-unsaturated/α-hetero) is 1. The summed E-state index contributed by atoms with van der Waals surface area (Å²) in [5, 5.41) is 1.99. The van der Waals surface area contributed by atoms with Crippen LogP contribution in [0.4, 0.5) is 0 Å². The van der Waals surface area contributed by atoms with Crippen molar-refractivity contribution in [2.75, 3.05) is 19.6 Å². The fourth-order valence-corrected chi connectivity index (χ4v) is 3.71. The van der Waals surface area contributed by atoms with Crippen LogP contribution >= 0.6 is 11.3 Å². The minimum absolute atomic E-state index is 0.233. The van der Waals surface area contributed by atoms with Gasteiger partial charge in [-0.1, -0.05) is 36.4 Å². The standard InChI is InChI=1S/C18H21NOS/c20-18(17-7-4-14-21-17)16-9-12-19(13-10-16)11-8-15-5-2-1-3-6-15/h1-7,14,16H,8-13H2. The molecule has 0 spiro atoms. The first-order chi connectivity index (χ1) is 10.3. The van der Waals surface area contributed by atoms with Gasteiger partial charge in [0.05, 0.1) is 4.88 Å². The average molecular weight is 299 g/mol. The summed E-state index contributed by atoms with van der Waals surface area (Å²) in [5.41, 5.74) is 1.40. The predicted octanol–water partition coefficient (Wildman–Crippen LogP) is 3.89. The quantitative estimate of drug-likeness (QED) is 0.781. The second-order valence-electron chi connectivity index (χ2n) is 5.69. The number of rotatable bonds is 5. The Morgan fingerprint density at radius 1 is 1.10 bits per heavy atom. The fraction of sp³-hybridized carbons (Fsp3) is 0.389. The van der Waals surface area contributed by atoms with Gasteiger partial charge in [-0.2, -0.15) is 0 Å². The van der Waals surface area contributed by atoms with Crippen molar-refractivity contribution in [1.29, 1.82) is 0 Å². The monoisotopic (exact) mass is 299 g/mol. The van der Waals surface area contributed by atoms with E-state index >= 15 is 0 Å². The van der Waals surface area contributed by atoms with Gasteiger partial charge in [0.2, 0.25) is 0 Å². The molecule has 1 fully saturated rings. The van der Waals surface area contributed by atoms with Crippen LogP contribution in [0, 0.1) is 5.92 Å². The predicted molar refractivity (Wildman–Crippen MR) is 88.0 cm³/mol. The number of nitrogens with zero attached hydrogens (tertiary/aromatic N) is 1. The molecule has 0 radical (unpaired) electrons. The molecule has 0 amide bonds. The number of piperidine rings is 1. The summed E-state index contributed by atoms with van der Waals surface area (Å²) in [4.78, 5) is 15.8. The van der Waals surface area contributed by atoms with Crippen LogP contribution in [0.1, 0.15) is 28.1 Å². The molecule has 3 heteroatoms. The number of hydrogen-bond acceptors (Lipinski definition) is 3. The van der Waals surface area contributed by atoms with E-state index in [1.807, 2.05) is 17.5 Å². The van der Waals surface area contributed by atoms with E-state index in [0.29, 0.717) is 5.78 Å². The van der Waals surface area contributed by atoms with Gasteiger partial charge in [-0.3, -0.25) is 4.79 Å². The van der Waals surface area contributed by atoms with Crippen LogP contribution in [0.15, 0.2) is 47.8 Å². The Bertz CT molecular complexity index is 556. The van der Waals surface area contributed by atoms with Gasteiger partial charge in [-0.15, -0.1) is 11.3 Å². The Kier molecular flexibility index (Phi) is 4.84. The molecule has 0 unspecified atom stereocenters. The molecule has 1 saturated heterocycles. The smallest absolute Gasteiger partial charge is 0.175 e. The zero-order valence-electron chi connectivity index (χ0n) is 12.2. The number of carbonyl (C=O) groups excluding carboxylic acids is 1. The highest BCUT2D eigenvalue weighted by atomic mass is 32.1. The number of carbonyl (C=O) groups is 1. The van der Waals surface area contributed by atoms with E-state index in [0.717, 1.165) is 43.8 Å². The van der Waals surface area contributed by atoms with Crippen LogP contribution in [0.2, 0.25) is 0 Å². The summed E-state index contributed by atoms with van der Waals surface area (Å²) in [7, 11) is 0. The average Bonchev–Trinajstić information content (AvgIpc) is 3.08. The molecule has 0 atom stereocenters. The van der Waals surface area contributed by atoms with Gasteiger partial charge in [0.15, 0.2) is 5.78 Å². The maximum Gasteiger partial charge on any atom is 0.175 e. The zero-order valence-corrected chi connectivity index (χ0v) is 13.0. The minimum atomic E-state index is 0.233. The van der Waals surface area contributed by atoms with E-state index in [4.69, 9.17) is 0 Å². The first kappa shape index (κ1) is 14.5. The molecule has 0 N–H and O–H groups in total. The Hall–Kier alpha value is -1.45. The summed E-state index contributed by atoms with van der Waals surface area (Å²) < 4.78 is 0. The van der Waals surface area contributed by atoms with Crippen LogP contribution in [0.5, 0.6) is 0 Å². The lowest BCUT2D eigenvalue weighted by Crippen LogP contribution is -2.37. The normalized spacial score (nSPS) is 17.0. The van der Waals surface area contributed by atoms with Gasteiger partial charge in [0.1, 0.15) is 0 Å². The number of thiophene rings is 1. The minimum Gasteiger partial charge on any atom is -0.303 e. The zero-order chi connectivity index (χ0) is 14.5. The molecular formula is C18H21NOS. The third-order valence-electron chi connectivity index (χ3n) is 4.28. The Morgan fingerprint density at radius 3 is 2.52 bits per heavy atom. The van der Waals surface area contributed by atoms with E-state index in [2.05, 4.69) is 35.2 Å². The molecule has 2 aromatic rings. The summed E-state index contributed by atoms with van der Waals surface area (Å²) in [6.07, 6.45) is 3.11. The number of hydrogen-bond donors (Lipinski definition) is 0. The molecule has 110 valence electrons. The van der Waals surface area contributed by atoms with E-state index in [1.54, 1.807) is 11.3 Å². The van der Waals surface area contributed by atoms with Gasteiger partial charge in [-0.05, 0) is 49.4 Å². The Labute approximate surface area is 130 Å². The third kappa shape index (κ3) is 3.80. The van der Waals surface area contributed by atoms with Crippen LogP contribution < -0.4 is 0 Å². The van der Waals surface area contributed by atoms with Crippen LogP contribution in [0.25, 0.3) is 0 Å². The van der Waals surface area contributed by atoms with Crippen molar-refractivity contribution in [1.82, 2.24) is 4.90 Å². The Morgan fingerprint density at radius 2 is 1.86 bits per heavy atom. The highest BCUT2D eigenvalue weighted by Crippen LogP contribution is 2.24. The molecule has 1 aromatic carbocycles. The molecule has 0 saturated carbocycles. The van der Waals surface area contributed by atoms with Gasteiger partial charge in [0, 0.05) is 12.5 Å². The van der Waals surface area contributed by atoms with Crippen molar-refractivity contribution < 1.29 is 4.79 Å². The summed E-state index contributed by atoms with van der Waals surface area (Å²) in [6.45, 7) is 3.20. The van der Waals surface area contributed by atoms with Crippen LogP contribution in [-0.2, 0) is 6.42 Å². The molecule has 0 bridgehead atoms. The van der Waals surface area contributed by atoms with Gasteiger partial charge >= 0.3 is 0 Å². The van der Waals surface area contributed by atoms with Crippen molar-refractivity contribution in [3.63, 3.8) is 0 Å². The lowest BCUT2D eigenvalue weighted by atomic mass is 9.91. The molecule has 2 heterocycles. The highest BCUT2D eigenvalue weighted by Gasteiger charge is 2.25. The number of ketones is 1. The van der Waals surface area contributed by atoms with Crippen molar-refractivity contribution >= 4 is 17.1 Å². The third-order valence-corrected chi connectivity index (χ3v) is 5.17. The van der Waals surface area contributed by atoms with E-state index in [1.165, 1.54) is 5.56 Å². The summed E-state index contributed by atoms with van der Waals surface area (Å²) in [5.74, 6) is 0.587. The number of benzene rings is 1. The van der Waals surface area contributed by atoms with Gasteiger partial charge in [-0.25, -0.2) is 0 Å². The number of likely N-dealkylation sites (tertiary alicyclic amines) is 1. The summed E-state index contributed by atoms with van der Waals surface area (Å²) >= 11 is 1.57. The maximum atomic E-state index is 12.3. The second kappa shape index (κ2) is 7.01. The first-order valence-electron chi connectivity index (χ1n) is 7.67. The molecule has 1 aromatic heterocycles. The van der Waals surface area contributed by atoms with Crippen molar-refractivity contribution in [3.8, 4) is 0 Å². The molecular weight excluding hydrogens is 278 g/mol. The molecule has 0 aliphatic carbocycles. The topological polar surface area (TPSA) is 20.3 Å². The van der Waals surface area contributed by atoms with Gasteiger partial charge < -0.3 is 4.90 Å². The molecule has 1 aliphatic heterocycles. The van der Waals surface area contributed by atoms with E-state index in [-0.39, 0.29) is 5.92 Å². The van der Waals surface area contributed by atoms with Crippen molar-refractivity contribution in [2.45, 2.75) is 19.3 Å². The fourth-order valence-electron chi connectivity index (χ4n) is 2.97. The highest BCUT2D eigenvalue weighted by molar-refractivity contribution is 7.12. The lowest BCUT2D eigenvalue weighted by Gasteiger charge is -2.31. The summed E-state index contributed by atoms with van der Waals surface area (Å²) in [6, 6.07) is 14.6. The molecule has 1 aliphatic rings. The SMILES string of the molecule is O=C(c1cccs1)C1CCN(CCc2ccccc2)CC1.